The molecular formula is C15H13N5O4. The van der Waals surface area contributed by atoms with Gasteiger partial charge in [0.05, 0.1) is 12.7 Å². The van der Waals surface area contributed by atoms with Gasteiger partial charge in [0.1, 0.15) is 0 Å². The fourth-order valence-corrected chi connectivity index (χ4v) is 2.20. The summed E-state index contributed by atoms with van der Waals surface area (Å²) in [7, 11) is 4.21. The van der Waals surface area contributed by atoms with E-state index in [1.54, 1.807) is 31.3 Å². The summed E-state index contributed by atoms with van der Waals surface area (Å²) in [5.74, 6) is -0.0652. The lowest BCUT2D eigenvalue weighted by atomic mass is 10.1. The fraction of sp³-hybridized carbons (Fsp3) is 0.200. The molecule has 0 aromatic heterocycles. The van der Waals surface area contributed by atoms with Crippen LogP contribution in [-0.4, -0.2) is 37.4 Å². The highest BCUT2D eigenvalue weighted by Gasteiger charge is 2.19. The van der Waals surface area contributed by atoms with E-state index in [2.05, 4.69) is 19.8 Å². The molecule has 24 heavy (non-hydrogen) atoms. The molecule has 0 atom stereocenters. The van der Waals surface area contributed by atoms with Crippen LogP contribution in [0.5, 0.6) is 0 Å². The fourth-order valence-electron chi connectivity index (χ4n) is 2.20. The van der Waals surface area contributed by atoms with Crippen molar-refractivity contribution in [3.63, 3.8) is 0 Å². The van der Waals surface area contributed by atoms with Crippen LogP contribution in [0.4, 0.5) is 0 Å². The first-order valence-electron chi connectivity index (χ1n) is 6.93. The number of rotatable bonds is 2. The Hall–Kier alpha value is -3.36. The summed E-state index contributed by atoms with van der Waals surface area (Å²) in [5, 5.41) is 4.22. The number of aryl methyl sites for hydroxylation is 1. The molecule has 122 valence electrons. The van der Waals surface area contributed by atoms with Crippen LogP contribution in [0, 0.1) is 0 Å². The zero-order valence-electron chi connectivity index (χ0n) is 13.2. The van der Waals surface area contributed by atoms with Crippen molar-refractivity contribution in [1.82, 2.24) is 24.3 Å². The van der Waals surface area contributed by atoms with Gasteiger partial charge in [-0.1, -0.05) is 12.1 Å². The van der Waals surface area contributed by atoms with Gasteiger partial charge in [-0.2, -0.15) is 10.1 Å². The Morgan fingerprint density at radius 2 is 1.75 bits per heavy atom. The minimum absolute atomic E-state index is 0.0432. The Balaban J connectivity index is 2.18. The number of carbonyl (C=O) groups excluding carboxylic acids is 1. The number of ether oxygens (including phenoxy) is 1. The lowest BCUT2D eigenvalue weighted by Gasteiger charge is -2.11. The van der Waals surface area contributed by atoms with Crippen LogP contribution in [0.3, 0.4) is 0 Å². The maximum Gasteiger partial charge on any atom is 0.352 e. The highest BCUT2D eigenvalue weighted by molar-refractivity contribution is 5.89. The molecule has 0 N–H and O–H groups in total. The quantitative estimate of drug-likeness (QED) is 0.601. The molecule has 0 spiro atoms. The summed E-state index contributed by atoms with van der Waals surface area (Å²) in [6.07, 6.45) is 0. The number of hydrogen-bond acceptors (Lipinski definition) is 7. The van der Waals surface area contributed by atoms with Gasteiger partial charge in [-0.05, 0) is 12.1 Å². The summed E-state index contributed by atoms with van der Waals surface area (Å²) in [6.45, 7) is 0. The van der Waals surface area contributed by atoms with Crippen molar-refractivity contribution < 1.29 is 9.53 Å². The van der Waals surface area contributed by atoms with Crippen LogP contribution in [0.25, 0.3) is 22.9 Å². The third-order valence-corrected chi connectivity index (χ3v) is 3.54. The normalized spacial score (nSPS) is 10.8. The van der Waals surface area contributed by atoms with Crippen LogP contribution in [0.2, 0.25) is 0 Å². The molecule has 2 aliphatic heterocycles. The van der Waals surface area contributed by atoms with E-state index in [0.29, 0.717) is 11.1 Å². The molecule has 2 heterocycles. The molecule has 0 unspecified atom stereocenters. The predicted molar refractivity (Wildman–Crippen MR) is 83.7 cm³/mol. The largest absolute Gasteiger partial charge is 0.465 e. The Morgan fingerprint density at radius 1 is 1.08 bits per heavy atom. The Morgan fingerprint density at radius 3 is 2.38 bits per heavy atom. The number of nitrogens with zero attached hydrogens (tertiary/aromatic N) is 5. The molecule has 0 amide bonds. The van der Waals surface area contributed by atoms with Gasteiger partial charge in [0, 0.05) is 19.7 Å². The Labute approximate surface area is 135 Å². The number of aromatic nitrogens is 5. The number of hydrogen-bond donors (Lipinski definition) is 0. The van der Waals surface area contributed by atoms with E-state index in [1.807, 2.05) is 0 Å². The van der Waals surface area contributed by atoms with Gasteiger partial charge in [0.25, 0.3) is 5.56 Å². The molecule has 0 fully saturated rings. The van der Waals surface area contributed by atoms with Gasteiger partial charge in [-0.25, -0.2) is 19.3 Å². The standard InChI is InChI=1S/C15H13N5O4/c1-19-13(21)10-12(17-15(19)23)20(2)18-11(16-10)8-4-6-9(7-5-8)14(22)24-3/h4-7H,1-3H3. The Bertz CT molecular complexity index is 1020. The summed E-state index contributed by atoms with van der Waals surface area (Å²) in [5.41, 5.74) is -0.174. The van der Waals surface area contributed by atoms with E-state index in [-0.39, 0.29) is 17.3 Å². The van der Waals surface area contributed by atoms with E-state index in [9.17, 15) is 14.4 Å². The van der Waals surface area contributed by atoms with Crippen LogP contribution in [-0.2, 0) is 18.8 Å². The second-order valence-corrected chi connectivity index (χ2v) is 5.06. The smallest absolute Gasteiger partial charge is 0.352 e. The van der Waals surface area contributed by atoms with Crippen molar-refractivity contribution in [2.75, 3.05) is 7.11 Å². The van der Waals surface area contributed by atoms with Gasteiger partial charge in [-0.15, -0.1) is 0 Å². The van der Waals surface area contributed by atoms with E-state index in [4.69, 9.17) is 0 Å². The molecule has 9 nitrogen and oxygen atoms in total. The first-order chi connectivity index (χ1) is 11.4. The highest BCUT2D eigenvalue weighted by atomic mass is 16.5. The summed E-state index contributed by atoms with van der Waals surface area (Å²) in [6, 6.07) is 6.44. The maximum absolute atomic E-state index is 12.2. The van der Waals surface area contributed by atoms with Crippen molar-refractivity contribution >= 4 is 5.97 Å². The number of carbonyl (C=O) groups is 1. The molecular weight excluding hydrogens is 314 g/mol. The molecule has 0 bridgehead atoms. The van der Waals surface area contributed by atoms with Crippen LogP contribution >= 0.6 is 0 Å². The first-order valence-corrected chi connectivity index (χ1v) is 6.93. The Kier molecular flexibility index (Phi) is 3.68. The molecule has 1 aromatic rings. The zero-order valence-corrected chi connectivity index (χ0v) is 13.2. The molecule has 0 saturated heterocycles. The van der Waals surface area contributed by atoms with E-state index in [1.165, 1.54) is 18.8 Å². The number of methoxy groups -OCH3 is 1. The van der Waals surface area contributed by atoms with Gasteiger partial charge >= 0.3 is 11.7 Å². The van der Waals surface area contributed by atoms with E-state index < -0.39 is 17.2 Å². The van der Waals surface area contributed by atoms with Crippen LogP contribution in [0.1, 0.15) is 10.4 Å². The molecule has 0 saturated carbocycles. The van der Waals surface area contributed by atoms with Crippen LogP contribution < -0.4 is 11.2 Å². The number of fused-ring (bicyclic) bond motifs is 1. The minimum atomic E-state index is -0.665. The molecule has 9 heteroatoms. The number of benzene rings is 1. The molecule has 0 aliphatic carbocycles. The SMILES string of the molecule is COC(=O)c1ccc(-c2nc3c(=O)n(C)c(=O)nc-3n(C)n2)cc1. The van der Waals surface area contributed by atoms with Crippen molar-refractivity contribution in [3.8, 4) is 22.9 Å². The van der Waals surface area contributed by atoms with Gasteiger partial charge in [0.2, 0.25) is 0 Å². The first kappa shape index (κ1) is 15.5. The number of esters is 1. The second kappa shape index (κ2) is 5.69. The topological polar surface area (TPSA) is 109 Å². The average Bonchev–Trinajstić information content (AvgIpc) is 2.60. The van der Waals surface area contributed by atoms with E-state index in [0.717, 1.165) is 4.57 Å². The van der Waals surface area contributed by atoms with Crippen molar-refractivity contribution in [1.29, 1.82) is 0 Å². The van der Waals surface area contributed by atoms with Crippen molar-refractivity contribution in [2.45, 2.75) is 0 Å². The monoisotopic (exact) mass is 327 g/mol. The third kappa shape index (κ3) is 2.45. The van der Waals surface area contributed by atoms with Crippen LogP contribution in [0.15, 0.2) is 33.9 Å². The van der Waals surface area contributed by atoms with Gasteiger partial charge < -0.3 is 4.74 Å². The molecule has 1 aromatic carbocycles. The van der Waals surface area contributed by atoms with E-state index >= 15 is 0 Å². The second-order valence-electron chi connectivity index (χ2n) is 5.06. The van der Waals surface area contributed by atoms with Crippen molar-refractivity contribution in [2.24, 2.45) is 14.1 Å². The lowest BCUT2D eigenvalue weighted by molar-refractivity contribution is 0.0601. The maximum atomic E-state index is 12.2. The molecule has 3 rings (SSSR count). The van der Waals surface area contributed by atoms with Gasteiger partial charge in [0.15, 0.2) is 17.3 Å². The molecule has 2 aliphatic rings. The van der Waals surface area contributed by atoms with Gasteiger partial charge in [-0.3, -0.25) is 9.36 Å². The lowest BCUT2D eigenvalue weighted by Crippen LogP contribution is -2.36. The minimum Gasteiger partial charge on any atom is -0.465 e. The average molecular weight is 327 g/mol. The van der Waals surface area contributed by atoms with Crippen molar-refractivity contribution in [3.05, 3.63) is 50.7 Å². The summed E-state index contributed by atoms with van der Waals surface area (Å²) in [4.78, 5) is 43.3. The summed E-state index contributed by atoms with van der Waals surface area (Å²) < 4.78 is 6.86. The molecule has 0 radical (unpaired) electrons. The zero-order chi connectivity index (χ0) is 17.4. The summed E-state index contributed by atoms with van der Waals surface area (Å²) >= 11 is 0. The predicted octanol–water partition coefficient (Wildman–Crippen LogP) is -0.173. The third-order valence-electron chi connectivity index (χ3n) is 3.54. The highest BCUT2D eigenvalue weighted by Crippen LogP contribution is 2.19.